The zero-order chi connectivity index (χ0) is 13.7. The predicted molar refractivity (Wildman–Crippen MR) is 75.3 cm³/mol. The summed E-state index contributed by atoms with van der Waals surface area (Å²) in [6.45, 7) is 6.00. The molecule has 1 rings (SSSR count). The first-order valence-electron chi connectivity index (χ1n) is 6.14. The van der Waals surface area contributed by atoms with Gasteiger partial charge >= 0.3 is 0 Å². The fourth-order valence-electron chi connectivity index (χ4n) is 1.65. The minimum atomic E-state index is -0.234. The molecule has 1 heterocycles. The van der Waals surface area contributed by atoms with E-state index in [1.54, 1.807) is 6.20 Å². The first-order chi connectivity index (χ1) is 8.47. The van der Waals surface area contributed by atoms with Gasteiger partial charge in [0.25, 0.3) is 5.56 Å². The quantitative estimate of drug-likeness (QED) is 0.849. The van der Waals surface area contributed by atoms with Crippen LogP contribution >= 0.6 is 11.6 Å². The van der Waals surface area contributed by atoms with Crippen LogP contribution in [0.3, 0.4) is 0 Å². The second-order valence-electron chi connectivity index (χ2n) is 4.79. The van der Waals surface area contributed by atoms with Gasteiger partial charge in [0.05, 0.1) is 11.9 Å². The molecule has 0 saturated heterocycles. The maximum Gasteiger partial charge on any atom is 0.287 e. The lowest BCUT2D eigenvalue weighted by molar-refractivity contribution is 0.463. The Kier molecular flexibility index (Phi) is 5.62. The molecule has 0 amide bonds. The average Bonchev–Trinajstić information content (AvgIpc) is 2.31. The molecule has 0 radical (unpaired) electrons. The lowest BCUT2D eigenvalue weighted by atomic mass is 10.2. The van der Waals surface area contributed by atoms with Crippen molar-refractivity contribution in [3.05, 3.63) is 21.6 Å². The molecule has 0 aliphatic carbocycles. The lowest BCUT2D eigenvalue weighted by Gasteiger charge is -2.20. The summed E-state index contributed by atoms with van der Waals surface area (Å²) in [7, 11) is 1.88. The van der Waals surface area contributed by atoms with Crippen molar-refractivity contribution < 1.29 is 0 Å². The Morgan fingerprint density at radius 2 is 2.22 bits per heavy atom. The number of nitrogens with zero attached hydrogens (tertiary/aromatic N) is 3. The summed E-state index contributed by atoms with van der Waals surface area (Å²) in [4.78, 5) is 13.9. The van der Waals surface area contributed by atoms with Gasteiger partial charge in [0.15, 0.2) is 0 Å². The average molecular weight is 273 g/mol. The van der Waals surface area contributed by atoms with Gasteiger partial charge < -0.3 is 10.6 Å². The number of hydrogen-bond acceptors (Lipinski definition) is 4. The van der Waals surface area contributed by atoms with Gasteiger partial charge in [0.2, 0.25) is 0 Å². The molecule has 0 aliphatic rings. The molecular formula is C12H21ClN4O. The van der Waals surface area contributed by atoms with Gasteiger partial charge in [-0.15, -0.1) is 0 Å². The molecule has 0 atom stereocenters. The van der Waals surface area contributed by atoms with E-state index in [0.717, 1.165) is 13.0 Å². The standard InChI is InChI=1S/C12H21ClN4O/c1-9(2)8-17-12(18)11(13)10(7-15-17)16(3)6-4-5-14/h7,9H,4-6,8,14H2,1-3H3. The van der Waals surface area contributed by atoms with Crippen molar-refractivity contribution in [2.75, 3.05) is 25.0 Å². The SMILES string of the molecule is CC(C)Cn1ncc(N(C)CCCN)c(Cl)c1=O. The lowest BCUT2D eigenvalue weighted by Crippen LogP contribution is -2.29. The second kappa shape index (κ2) is 6.75. The van der Waals surface area contributed by atoms with Gasteiger partial charge in [-0.3, -0.25) is 4.79 Å². The number of anilines is 1. The Morgan fingerprint density at radius 3 is 2.78 bits per heavy atom. The van der Waals surface area contributed by atoms with Crippen molar-refractivity contribution in [2.45, 2.75) is 26.8 Å². The molecule has 0 bridgehead atoms. The van der Waals surface area contributed by atoms with E-state index in [1.165, 1.54) is 4.68 Å². The minimum absolute atomic E-state index is 0.227. The number of hydrogen-bond donors (Lipinski definition) is 1. The van der Waals surface area contributed by atoms with E-state index < -0.39 is 0 Å². The van der Waals surface area contributed by atoms with Gasteiger partial charge in [0, 0.05) is 20.1 Å². The predicted octanol–water partition coefficient (Wildman–Crippen LogP) is 1.34. The molecule has 6 heteroatoms. The van der Waals surface area contributed by atoms with E-state index in [4.69, 9.17) is 17.3 Å². The third kappa shape index (κ3) is 3.71. The van der Waals surface area contributed by atoms with Crippen LogP contribution in [0.1, 0.15) is 20.3 Å². The molecule has 0 saturated carbocycles. The molecule has 5 nitrogen and oxygen atoms in total. The number of aromatic nitrogens is 2. The van der Waals surface area contributed by atoms with E-state index in [9.17, 15) is 4.79 Å². The Hall–Kier alpha value is -1.07. The van der Waals surface area contributed by atoms with E-state index in [-0.39, 0.29) is 10.6 Å². The third-order valence-electron chi connectivity index (χ3n) is 2.61. The summed E-state index contributed by atoms with van der Waals surface area (Å²) < 4.78 is 1.41. The van der Waals surface area contributed by atoms with Crippen molar-refractivity contribution in [1.29, 1.82) is 0 Å². The van der Waals surface area contributed by atoms with Crippen LogP contribution in [0, 0.1) is 5.92 Å². The summed E-state index contributed by atoms with van der Waals surface area (Å²) in [5, 5.41) is 4.38. The molecule has 1 aromatic heterocycles. The van der Waals surface area contributed by atoms with Gasteiger partial charge in [-0.1, -0.05) is 25.4 Å². The normalized spacial score (nSPS) is 11.0. The van der Waals surface area contributed by atoms with Gasteiger partial charge in [0.1, 0.15) is 5.02 Å². The van der Waals surface area contributed by atoms with Crippen LogP contribution in [-0.2, 0) is 6.54 Å². The van der Waals surface area contributed by atoms with Crippen LogP contribution < -0.4 is 16.2 Å². The van der Waals surface area contributed by atoms with Crippen LogP contribution in [0.25, 0.3) is 0 Å². The first-order valence-corrected chi connectivity index (χ1v) is 6.52. The Morgan fingerprint density at radius 1 is 1.56 bits per heavy atom. The van der Waals surface area contributed by atoms with Crippen molar-refractivity contribution in [3.8, 4) is 0 Å². The summed E-state index contributed by atoms with van der Waals surface area (Å²) >= 11 is 6.11. The summed E-state index contributed by atoms with van der Waals surface area (Å²) in [6.07, 6.45) is 2.49. The van der Waals surface area contributed by atoms with Crippen LogP contribution in [-0.4, -0.2) is 29.9 Å². The minimum Gasteiger partial charge on any atom is -0.372 e. The molecule has 0 aromatic carbocycles. The first kappa shape index (κ1) is 15.0. The number of halogens is 1. The third-order valence-corrected chi connectivity index (χ3v) is 2.97. The van der Waals surface area contributed by atoms with Crippen molar-refractivity contribution in [3.63, 3.8) is 0 Å². The molecule has 0 aliphatic heterocycles. The highest BCUT2D eigenvalue weighted by molar-refractivity contribution is 6.33. The van der Waals surface area contributed by atoms with E-state index >= 15 is 0 Å². The van der Waals surface area contributed by atoms with Crippen molar-refractivity contribution in [2.24, 2.45) is 11.7 Å². The Bertz CT molecular complexity index is 444. The van der Waals surface area contributed by atoms with E-state index in [2.05, 4.69) is 5.10 Å². The Balaban J connectivity index is 2.97. The van der Waals surface area contributed by atoms with E-state index in [0.29, 0.717) is 24.7 Å². The highest BCUT2D eigenvalue weighted by Crippen LogP contribution is 2.19. The topological polar surface area (TPSA) is 64.2 Å². The molecule has 1 aromatic rings. The van der Waals surface area contributed by atoms with Crippen molar-refractivity contribution in [1.82, 2.24) is 9.78 Å². The molecule has 102 valence electrons. The van der Waals surface area contributed by atoms with Crippen LogP contribution in [0.2, 0.25) is 5.02 Å². The van der Waals surface area contributed by atoms with Crippen LogP contribution in [0.4, 0.5) is 5.69 Å². The summed E-state index contributed by atoms with van der Waals surface area (Å²) in [5.74, 6) is 0.354. The van der Waals surface area contributed by atoms with Crippen LogP contribution in [0.15, 0.2) is 11.0 Å². The van der Waals surface area contributed by atoms with Gasteiger partial charge in [-0.25, -0.2) is 4.68 Å². The van der Waals surface area contributed by atoms with Gasteiger partial charge in [-0.2, -0.15) is 5.10 Å². The van der Waals surface area contributed by atoms with Crippen LogP contribution in [0.5, 0.6) is 0 Å². The van der Waals surface area contributed by atoms with Crippen molar-refractivity contribution >= 4 is 17.3 Å². The van der Waals surface area contributed by atoms with Gasteiger partial charge in [-0.05, 0) is 18.9 Å². The monoisotopic (exact) mass is 272 g/mol. The second-order valence-corrected chi connectivity index (χ2v) is 5.17. The molecule has 2 N–H and O–H groups in total. The number of rotatable bonds is 6. The molecule has 0 unspecified atom stereocenters. The highest BCUT2D eigenvalue weighted by atomic mass is 35.5. The highest BCUT2D eigenvalue weighted by Gasteiger charge is 2.13. The zero-order valence-corrected chi connectivity index (χ0v) is 11.9. The smallest absolute Gasteiger partial charge is 0.287 e. The zero-order valence-electron chi connectivity index (χ0n) is 11.2. The fraction of sp³-hybridized carbons (Fsp3) is 0.667. The fourth-order valence-corrected chi connectivity index (χ4v) is 1.94. The summed E-state index contributed by atoms with van der Waals surface area (Å²) in [5.41, 5.74) is 5.89. The summed E-state index contributed by atoms with van der Waals surface area (Å²) in [6, 6.07) is 0. The molecule has 0 spiro atoms. The molecule has 0 fully saturated rings. The maximum atomic E-state index is 12.0. The Labute approximate surface area is 113 Å². The van der Waals surface area contributed by atoms with E-state index in [1.807, 2.05) is 25.8 Å². The largest absolute Gasteiger partial charge is 0.372 e. The maximum absolute atomic E-state index is 12.0. The molecular weight excluding hydrogens is 252 g/mol. The molecule has 18 heavy (non-hydrogen) atoms. The number of nitrogens with two attached hydrogens (primary N) is 1.